The van der Waals surface area contributed by atoms with E-state index in [0.717, 1.165) is 49.8 Å². The summed E-state index contributed by atoms with van der Waals surface area (Å²) in [5, 5.41) is 8.02. The van der Waals surface area contributed by atoms with Gasteiger partial charge in [0.2, 0.25) is 0 Å². The Kier molecular flexibility index (Phi) is 10.2. The Morgan fingerprint density at radius 3 is 2.50 bits per heavy atom. The fourth-order valence-electron chi connectivity index (χ4n) is 6.91. The average molecular weight is 720 g/mol. The van der Waals surface area contributed by atoms with Crippen molar-refractivity contribution in [3.05, 3.63) is 120 Å². The molecule has 0 N–H and O–H groups in total. The van der Waals surface area contributed by atoms with Crippen molar-refractivity contribution in [2.75, 3.05) is 26.1 Å². The molecular formula is C41H41N3O7S. The number of hydrogen-bond donors (Lipinski definition) is 0. The number of aromatic nitrogens is 3. The van der Waals surface area contributed by atoms with E-state index in [1.54, 1.807) is 12.1 Å². The lowest BCUT2D eigenvalue weighted by atomic mass is 9.98. The number of hydrogen-bond acceptors (Lipinski definition) is 8. The van der Waals surface area contributed by atoms with Crippen molar-refractivity contribution in [2.45, 2.75) is 44.4 Å². The van der Waals surface area contributed by atoms with Crippen LogP contribution >= 0.6 is 0 Å². The lowest BCUT2D eigenvalue weighted by Crippen LogP contribution is -2.14. The number of rotatable bonds is 11. The molecule has 0 saturated carbocycles. The molecule has 6 aromatic rings. The third kappa shape index (κ3) is 7.06. The molecule has 0 saturated heterocycles. The van der Waals surface area contributed by atoms with Crippen molar-refractivity contribution in [1.29, 1.82) is 0 Å². The highest BCUT2D eigenvalue weighted by atomic mass is 32.2. The Hall–Kier alpha value is -5.39. The molecule has 0 spiro atoms. The van der Waals surface area contributed by atoms with Gasteiger partial charge in [-0.2, -0.15) is 5.10 Å². The molecule has 0 unspecified atom stereocenters. The molecular weight excluding hydrogens is 679 g/mol. The first-order chi connectivity index (χ1) is 25.2. The molecule has 1 aliphatic rings. The van der Waals surface area contributed by atoms with Gasteiger partial charge in [0.15, 0.2) is 9.84 Å². The number of allylic oxidation sites excluding steroid dienone is 1. The largest absolute Gasteiger partial charge is 0.493 e. The molecule has 0 aliphatic carbocycles. The van der Waals surface area contributed by atoms with Gasteiger partial charge in [0, 0.05) is 41.7 Å². The summed E-state index contributed by atoms with van der Waals surface area (Å²) in [6.45, 7) is 3.80. The second-order valence-electron chi connectivity index (χ2n) is 12.7. The maximum atomic E-state index is 13.8. The fraction of sp³-hybridized carbons (Fsp3) is 0.268. The van der Waals surface area contributed by atoms with Crippen LogP contribution in [0.25, 0.3) is 32.8 Å². The summed E-state index contributed by atoms with van der Waals surface area (Å²) in [5.41, 5.74) is 5.64. The topological polar surface area (TPSA) is 111 Å². The van der Waals surface area contributed by atoms with E-state index in [0.29, 0.717) is 56.3 Å². The van der Waals surface area contributed by atoms with E-state index in [2.05, 4.69) is 28.8 Å². The predicted molar refractivity (Wildman–Crippen MR) is 201 cm³/mol. The molecule has 1 aliphatic heterocycles. The van der Waals surface area contributed by atoms with Crippen LogP contribution in [-0.4, -0.2) is 54.8 Å². The van der Waals surface area contributed by atoms with E-state index in [9.17, 15) is 13.2 Å². The average Bonchev–Trinajstić information content (AvgIpc) is 3.62. The SMILES string of the molecule is CCOC(=O)c1c(CCCOc2cccc3ccccc23)c2cccc3c2n1C/C=C\COCc1c-3c(COc2ccc(S(C)(=O)=O)cc2)nn1C. The number of carbonyl (C=O) groups excluding carboxylic acids is 1. The van der Waals surface area contributed by atoms with Crippen molar-refractivity contribution >= 4 is 37.5 Å². The Morgan fingerprint density at radius 2 is 1.69 bits per heavy atom. The smallest absolute Gasteiger partial charge is 0.355 e. The van der Waals surface area contributed by atoms with Crippen LogP contribution < -0.4 is 9.47 Å². The van der Waals surface area contributed by atoms with Crippen LogP contribution in [0.4, 0.5) is 0 Å². The van der Waals surface area contributed by atoms with Crippen LogP contribution in [0.15, 0.2) is 102 Å². The Labute approximate surface area is 303 Å². The number of nitrogens with zero attached hydrogens (tertiary/aromatic N) is 3. The first-order valence-corrected chi connectivity index (χ1v) is 19.3. The molecule has 11 heteroatoms. The maximum absolute atomic E-state index is 13.8. The van der Waals surface area contributed by atoms with E-state index >= 15 is 0 Å². The van der Waals surface area contributed by atoms with Crippen molar-refractivity contribution < 1.29 is 32.2 Å². The van der Waals surface area contributed by atoms with Crippen LogP contribution in [0.1, 0.15) is 40.8 Å². The Balaban J connectivity index is 1.28. The van der Waals surface area contributed by atoms with E-state index < -0.39 is 9.84 Å². The van der Waals surface area contributed by atoms with Gasteiger partial charge in [-0.15, -0.1) is 0 Å². The van der Waals surface area contributed by atoms with Crippen LogP contribution in [0, 0.1) is 0 Å². The molecule has 0 bridgehead atoms. The second kappa shape index (κ2) is 15.1. The zero-order valence-electron chi connectivity index (χ0n) is 29.5. The van der Waals surface area contributed by atoms with Crippen molar-refractivity contribution in [1.82, 2.24) is 14.3 Å². The number of fused-ring (bicyclic) bond motifs is 3. The second-order valence-corrected chi connectivity index (χ2v) is 14.7. The van der Waals surface area contributed by atoms with Gasteiger partial charge in [-0.25, -0.2) is 13.2 Å². The van der Waals surface area contributed by atoms with Crippen LogP contribution in [-0.2, 0) is 52.5 Å². The summed E-state index contributed by atoms with van der Waals surface area (Å²) in [7, 11) is -1.45. The molecule has 52 heavy (non-hydrogen) atoms. The summed E-state index contributed by atoms with van der Waals surface area (Å²) in [4.78, 5) is 14.1. The normalized spacial score (nSPS) is 13.8. The van der Waals surface area contributed by atoms with Crippen molar-refractivity contribution in [3.8, 4) is 22.6 Å². The molecule has 10 nitrogen and oxygen atoms in total. The minimum Gasteiger partial charge on any atom is -0.493 e. The summed E-state index contributed by atoms with van der Waals surface area (Å²) in [5.74, 6) is 0.977. The molecule has 0 fully saturated rings. The summed E-state index contributed by atoms with van der Waals surface area (Å²) >= 11 is 0. The quantitative estimate of drug-likeness (QED) is 0.0772. The zero-order valence-corrected chi connectivity index (χ0v) is 30.3. The lowest BCUT2D eigenvalue weighted by molar-refractivity contribution is 0.0513. The molecule has 0 atom stereocenters. The highest BCUT2D eigenvalue weighted by molar-refractivity contribution is 7.90. The summed E-state index contributed by atoms with van der Waals surface area (Å²) < 4.78 is 52.1. The third-order valence-electron chi connectivity index (χ3n) is 9.28. The first kappa shape index (κ1) is 35.0. The number of para-hydroxylation sites is 1. The fourth-order valence-corrected chi connectivity index (χ4v) is 7.54. The zero-order chi connectivity index (χ0) is 36.2. The van der Waals surface area contributed by atoms with E-state index in [1.807, 2.05) is 67.2 Å². The summed E-state index contributed by atoms with van der Waals surface area (Å²) in [6, 6.07) is 26.7. The number of esters is 1. The first-order valence-electron chi connectivity index (χ1n) is 17.4. The van der Waals surface area contributed by atoms with Gasteiger partial charge in [-0.3, -0.25) is 4.68 Å². The standard InChI is InChI=1S/C41H41N3O7S/c1-4-49-41(45)40-33(17-11-25-50-37-18-9-13-28-12-5-6-14-31(28)37)32-15-10-16-34-38-35(26-51-29-19-21-30(22-20-29)52(3,46)47)42-43(2)36(38)27-48-24-8-7-23-44(40)39(32)34/h5-10,12-16,18-22H,4,11,17,23-27H2,1-3H3/b8-7-. The van der Waals surface area contributed by atoms with Gasteiger partial charge in [0.1, 0.15) is 29.5 Å². The van der Waals surface area contributed by atoms with E-state index in [4.69, 9.17) is 24.0 Å². The number of benzene rings is 4. The van der Waals surface area contributed by atoms with Gasteiger partial charge in [-0.05, 0) is 61.0 Å². The predicted octanol–water partition coefficient (Wildman–Crippen LogP) is 7.45. The number of aryl methyl sites for hydroxylation is 2. The van der Waals surface area contributed by atoms with Gasteiger partial charge in [-0.1, -0.05) is 66.7 Å². The molecule has 268 valence electrons. The Bertz CT molecular complexity index is 2390. The highest BCUT2D eigenvalue weighted by Crippen LogP contribution is 2.39. The minimum atomic E-state index is -3.34. The van der Waals surface area contributed by atoms with Gasteiger partial charge in [0.05, 0.1) is 42.5 Å². The van der Waals surface area contributed by atoms with E-state index in [1.165, 1.54) is 18.4 Å². The van der Waals surface area contributed by atoms with E-state index in [-0.39, 0.29) is 24.1 Å². The molecule has 7 rings (SSSR count). The molecule has 3 heterocycles. The van der Waals surface area contributed by atoms with Gasteiger partial charge >= 0.3 is 5.97 Å². The molecule has 0 radical (unpaired) electrons. The van der Waals surface area contributed by atoms with Crippen molar-refractivity contribution in [2.24, 2.45) is 7.05 Å². The number of carbonyl (C=O) groups is 1. The van der Waals surface area contributed by atoms with Crippen LogP contribution in [0.3, 0.4) is 0 Å². The third-order valence-corrected chi connectivity index (χ3v) is 10.4. The Morgan fingerprint density at radius 1 is 0.923 bits per heavy atom. The molecule has 4 aromatic carbocycles. The summed E-state index contributed by atoms with van der Waals surface area (Å²) in [6.07, 6.45) is 6.43. The minimum absolute atomic E-state index is 0.125. The number of sulfone groups is 1. The lowest BCUT2D eigenvalue weighted by Gasteiger charge is -2.13. The maximum Gasteiger partial charge on any atom is 0.355 e. The van der Waals surface area contributed by atoms with Crippen LogP contribution in [0.2, 0.25) is 0 Å². The van der Waals surface area contributed by atoms with Gasteiger partial charge < -0.3 is 23.5 Å². The molecule has 0 amide bonds. The number of ether oxygens (including phenoxy) is 4. The molecule has 2 aromatic heterocycles. The van der Waals surface area contributed by atoms with Crippen LogP contribution in [0.5, 0.6) is 11.5 Å². The van der Waals surface area contributed by atoms with Crippen molar-refractivity contribution in [3.63, 3.8) is 0 Å². The highest BCUT2D eigenvalue weighted by Gasteiger charge is 2.28. The van der Waals surface area contributed by atoms with Gasteiger partial charge in [0.25, 0.3) is 0 Å². The monoisotopic (exact) mass is 719 g/mol.